The largest absolute Gasteiger partial charge is 0.481 e. The first-order valence-electron chi connectivity index (χ1n) is 7.65. The zero-order chi connectivity index (χ0) is 17.8. The first-order valence-corrected chi connectivity index (χ1v) is 8.85. The monoisotopic (exact) mass is 373 g/mol. The molecule has 1 heterocycles. The molecule has 0 bridgehead atoms. The van der Waals surface area contributed by atoms with Crippen molar-refractivity contribution in [2.45, 2.75) is 20.0 Å². The topological polar surface area (TPSA) is 64.1 Å². The van der Waals surface area contributed by atoms with Crippen LogP contribution in [-0.4, -0.2) is 22.2 Å². The molecular formula is C18H16ClN3O2S. The first-order chi connectivity index (χ1) is 12.0. The molecule has 2 aromatic carbocycles. The van der Waals surface area contributed by atoms with Crippen molar-refractivity contribution < 1.29 is 9.53 Å². The molecule has 128 valence electrons. The molecule has 0 unspecified atom stereocenters. The summed E-state index contributed by atoms with van der Waals surface area (Å²) >= 11 is 7.31. The summed E-state index contributed by atoms with van der Waals surface area (Å²) in [6.07, 6.45) is -0.676. The van der Waals surface area contributed by atoms with E-state index in [0.717, 1.165) is 16.1 Å². The lowest BCUT2D eigenvalue weighted by molar-refractivity contribution is -0.122. The number of aromatic nitrogens is 2. The van der Waals surface area contributed by atoms with Crippen LogP contribution in [0.25, 0.3) is 10.6 Å². The van der Waals surface area contributed by atoms with Crippen LogP contribution in [0.15, 0.2) is 48.5 Å². The van der Waals surface area contributed by atoms with Gasteiger partial charge in [0.1, 0.15) is 10.8 Å². The molecule has 0 radical (unpaired) electrons. The number of aryl methyl sites for hydroxylation is 1. The van der Waals surface area contributed by atoms with Crippen molar-refractivity contribution in [2.24, 2.45) is 0 Å². The standard InChI is InChI=1S/C18H16ClN3O2S/c1-11-10-14(8-9-15(11)19)24-12(2)16(23)20-18-22-21-17(25-18)13-6-4-3-5-7-13/h3-10,12H,1-2H3,(H,20,22,23)/t12-/m1/s1. The average molecular weight is 374 g/mol. The molecule has 1 atom stereocenters. The third-order valence-electron chi connectivity index (χ3n) is 3.49. The highest BCUT2D eigenvalue weighted by Gasteiger charge is 2.17. The number of hydrogen-bond donors (Lipinski definition) is 1. The van der Waals surface area contributed by atoms with E-state index in [1.54, 1.807) is 25.1 Å². The Kier molecular flexibility index (Phi) is 5.31. The maximum Gasteiger partial charge on any atom is 0.266 e. The summed E-state index contributed by atoms with van der Waals surface area (Å²) in [6, 6.07) is 15.0. The van der Waals surface area contributed by atoms with Crippen LogP contribution < -0.4 is 10.1 Å². The molecule has 25 heavy (non-hydrogen) atoms. The van der Waals surface area contributed by atoms with Gasteiger partial charge in [0.2, 0.25) is 5.13 Å². The Balaban J connectivity index is 1.63. The van der Waals surface area contributed by atoms with Gasteiger partial charge in [-0.25, -0.2) is 0 Å². The van der Waals surface area contributed by atoms with E-state index in [9.17, 15) is 4.79 Å². The fourth-order valence-electron chi connectivity index (χ4n) is 2.13. The molecule has 0 aliphatic carbocycles. The van der Waals surface area contributed by atoms with Gasteiger partial charge in [0.15, 0.2) is 6.10 Å². The lowest BCUT2D eigenvalue weighted by Gasteiger charge is -2.14. The van der Waals surface area contributed by atoms with Crippen molar-refractivity contribution in [3.63, 3.8) is 0 Å². The minimum absolute atomic E-state index is 0.289. The molecule has 5 nitrogen and oxygen atoms in total. The second-order valence-electron chi connectivity index (χ2n) is 5.44. The number of carbonyl (C=O) groups excluding carboxylic acids is 1. The summed E-state index contributed by atoms with van der Waals surface area (Å²) in [5.41, 5.74) is 1.85. The van der Waals surface area contributed by atoms with Crippen molar-refractivity contribution >= 4 is 34.0 Å². The van der Waals surface area contributed by atoms with Gasteiger partial charge >= 0.3 is 0 Å². The van der Waals surface area contributed by atoms with E-state index >= 15 is 0 Å². The SMILES string of the molecule is Cc1cc(O[C@H](C)C(=O)Nc2nnc(-c3ccccc3)s2)ccc1Cl. The van der Waals surface area contributed by atoms with Gasteiger partial charge in [0.25, 0.3) is 5.91 Å². The van der Waals surface area contributed by atoms with Crippen LogP contribution in [0.5, 0.6) is 5.75 Å². The summed E-state index contributed by atoms with van der Waals surface area (Å²) in [6.45, 7) is 3.56. The summed E-state index contributed by atoms with van der Waals surface area (Å²) in [5.74, 6) is 0.301. The summed E-state index contributed by atoms with van der Waals surface area (Å²) in [5, 5.41) is 12.7. The molecule has 3 rings (SSSR count). The minimum atomic E-state index is -0.676. The lowest BCUT2D eigenvalue weighted by atomic mass is 10.2. The van der Waals surface area contributed by atoms with Crippen LogP contribution in [0.3, 0.4) is 0 Å². The number of hydrogen-bond acceptors (Lipinski definition) is 5. The normalized spacial score (nSPS) is 11.8. The highest BCUT2D eigenvalue weighted by molar-refractivity contribution is 7.18. The third kappa shape index (κ3) is 4.35. The molecule has 0 aliphatic heterocycles. The van der Waals surface area contributed by atoms with E-state index in [1.165, 1.54) is 11.3 Å². The molecule has 0 aliphatic rings. The van der Waals surface area contributed by atoms with Gasteiger partial charge in [-0.15, -0.1) is 10.2 Å². The summed E-state index contributed by atoms with van der Waals surface area (Å²) < 4.78 is 5.66. The number of anilines is 1. The summed E-state index contributed by atoms with van der Waals surface area (Å²) in [4.78, 5) is 12.3. The second kappa shape index (κ2) is 7.63. The van der Waals surface area contributed by atoms with E-state index in [1.807, 2.05) is 37.3 Å². The van der Waals surface area contributed by atoms with Gasteiger partial charge in [0.05, 0.1) is 0 Å². The Morgan fingerprint density at radius 2 is 1.96 bits per heavy atom. The molecule has 0 saturated carbocycles. The van der Waals surface area contributed by atoms with Crippen LogP contribution in [0.4, 0.5) is 5.13 Å². The second-order valence-corrected chi connectivity index (χ2v) is 6.82. The van der Waals surface area contributed by atoms with Crippen molar-refractivity contribution in [3.05, 3.63) is 59.1 Å². The Morgan fingerprint density at radius 1 is 1.20 bits per heavy atom. The van der Waals surface area contributed by atoms with Crippen molar-refractivity contribution in [1.82, 2.24) is 10.2 Å². The van der Waals surface area contributed by atoms with Gasteiger partial charge in [-0.05, 0) is 37.6 Å². The van der Waals surface area contributed by atoms with E-state index in [4.69, 9.17) is 16.3 Å². The molecule has 7 heteroatoms. The number of benzene rings is 2. The summed E-state index contributed by atoms with van der Waals surface area (Å²) in [7, 11) is 0. The Hall–Kier alpha value is -2.44. The smallest absolute Gasteiger partial charge is 0.266 e. The van der Waals surface area contributed by atoms with Crippen molar-refractivity contribution in [1.29, 1.82) is 0 Å². The quantitative estimate of drug-likeness (QED) is 0.711. The number of ether oxygens (including phenoxy) is 1. The van der Waals surface area contributed by atoms with E-state index in [2.05, 4.69) is 15.5 Å². The number of halogens is 1. The molecular weight excluding hydrogens is 358 g/mol. The van der Waals surface area contributed by atoms with E-state index in [0.29, 0.717) is 15.9 Å². The Bertz CT molecular complexity index is 883. The van der Waals surface area contributed by atoms with Gasteiger partial charge in [-0.2, -0.15) is 0 Å². The Labute approximate surface area is 154 Å². The van der Waals surface area contributed by atoms with E-state index < -0.39 is 6.10 Å². The fourth-order valence-corrected chi connectivity index (χ4v) is 3.00. The van der Waals surface area contributed by atoms with E-state index in [-0.39, 0.29) is 5.91 Å². The molecule has 0 saturated heterocycles. The lowest BCUT2D eigenvalue weighted by Crippen LogP contribution is -2.30. The van der Waals surface area contributed by atoms with Crippen molar-refractivity contribution in [3.8, 4) is 16.3 Å². The van der Waals surface area contributed by atoms with Gasteiger partial charge in [-0.1, -0.05) is 53.3 Å². The number of amides is 1. The molecule has 0 spiro atoms. The van der Waals surface area contributed by atoms with Crippen LogP contribution in [-0.2, 0) is 4.79 Å². The van der Waals surface area contributed by atoms with Crippen LogP contribution in [0.1, 0.15) is 12.5 Å². The van der Waals surface area contributed by atoms with Gasteiger partial charge in [0, 0.05) is 10.6 Å². The molecule has 1 N–H and O–H groups in total. The zero-order valence-corrected chi connectivity index (χ0v) is 15.3. The van der Waals surface area contributed by atoms with Crippen LogP contribution >= 0.6 is 22.9 Å². The maximum atomic E-state index is 12.3. The van der Waals surface area contributed by atoms with Crippen LogP contribution in [0.2, 0.25) is 5.02 Å². The minimum Gasteiger partial charge on any atom is -0.481 e. The third-order valence-corrected chi connectivity index (χ3v) is 4.80. The molecule has 1 amide bonds. The highest BCUT2D eigenvalue weighted by atomic mass is 35.5. The highest BCUT2D eigenvalue weighted by Crippen LogP contribution is 2.26. The molecule has 1 aromatic heterocycles. The van der Waals surface area contributed by atoms with Gasteiger partial charge in [-0.3, -0.25) is 10.1 Å². The molecule has 0 fully saturated rings. The predicted molar refractivity (Wildman–Crippen MR) is 100 cm³/mol. The van der Waals surface area contributed by atoms with Gasteiger partial charge < -0.3 is 4.74 Å². The van der Waals surface area contributed by atoms with Crippen LogP contribution in [0, 0.1) is 6.92 Å². The molecule has 3 aromatic rings. The number of rotatable bonds is 5. The average Bonchev–Trinajstić information content (AvgIpc) is 3.07. The predicted octanol–water partition coefficient (Wildman–Crippen LogP) is 4.57. The van der Waals surface area contributed by atoms with Crippen molar-refractivity contribution in [2.75, 3.05) is 5.32 Å². The number of nitrogens with zero attached hydrogens (tertiary/aromatic N) is 2. The number of nitrogens with one attached hydrogen (secondary N) is 1. The fraction of sp³-hybridized carbons (Fsp3) is 0.167. The number of carbonyl (C=O) groups is 1. The first kappa shape index (κ1) is 17.4. The maximum absolute atomic E-state index is 12.3. The Morgan fingerprint density at radius 3 is 2.68 bits per heavy atom. The zero-order valence-electron chi connectivity index (χ0n) is 13.7.